The van der Waals surface area contributed by atoms with Gasteiger partial charge >= 0.3 is 21.7 Å². The summed E-state index contributed by atoms with van der Waals surface area (Å²) in [6.07, 6.45) is 3.36. The van der Waals surface area contributed by atoms with Crippen molar-refractivity contribution in [3.05, 3.63) is 184 Å². The summed E-state index contributed by atoms with van der Waals surface area (Å²) < 4.78 is 0. The largest absolute Gasteiger partial charge is 4.00 e. The molecule has 0 nitrogen and oxygen atoms in total. The normalized spacial score (nSPS) is 13.0. The van der Waals surface area contributed by atoms with E-state index in [1.165, 1.54) is 99.0 Å². The van der Waals surface area contributed by atoms with E-state index in [-0.39, 0.29) is 58.9 Å². The van der Waals surface area contributed by atoms with Crippen LogP contribution < -0.4 is 52.8 Å². The summed E-state index contributed by atoms with van der Waals surface area (Å²) in [5.41, 5.74) is 20.2. The SMILES string of the molecule is CC1=[C-]C(C)C(C)=C1C.Cc1cc(-c2ccccc2)cc([Si](c2cc(-c3ccccc3)cc(C)c2C)c2cc(-c3ccccc3)cc(C)c2C)c1C.[Cl-].[Cl-].[Cl-].[Ti+4]. The van der Waals surface area contributed by atoms with Gasteiger partial charge in [-0.1, -0.05) is 154 Å². The average molecular weight is 847 g/mol. The zero-order valence-electron chi connectivity index (χ0n) is 34.3. The third-order valence-electron chi connectivity index (χ3n) is 11.4. The van der Waals surface area contributed by atoms with Crippen LogP contribution in [0.15, 0.2) is 144 Å². The number of hydrogen-bond donors (Lipinski definition) is 0. The Hall–Kier alpha value is -3.40. The van der Waals surface area contributed by atoms with E-state index in [1.807, 2.05) is 0 Å². The number of hydrogen-bond acceptors (Lipinski definition) is 0. The second-order valence-corrected chi connectivity index (χ2v) is 17.0. The fourth-order valence-electron chi connectivity index (χ4n) is 7.35. The quantitative estimate of drug-likeness (QED) is 0.138. The van der Waals surface area contributed by atoms with Gasteiger partial charge in [0, 0.05) is 0 Å². The average Bonchev–Trinajstić information content (AvgIpc) is 3.38. The van der Waals surface area contributed by atoms with Gasteiger partial charge in [0.1, 0.15) is 0 Å². The Morgan fingerprint density at radius 1 is 0.411 bits per heavy atom. The molecule has 6 aromatic rings. The molecule has 0 heterocycles. The van der Waals surface area contributed by atoms with Gasteiger partial charge in [-0.05, 0) is 124 Å². The molecule has 56 heavy (non-hydrogen) atoms. The van der Waals surface area contributed by atoms with Gasteiger partial charge in [0.2, 0.25) is 0 Å². The smallest absolute Gasteiger partial charge is 1.00 e. The molecule has 1 aliphatic rings. The van der Waals surface area contributed by atoms with E-state index in [2.05, 4.69) is 203 Å². The van der Waals surface area contributed by atoms with E-state index >= 15 is 0 Å². The van der Waals surface area contributed by atoms with Crippen LogP contribution in [-0.2, 0) is 21.7 Å². The first-order chi connectivity index (χ1) is 24.9. The number of rotatable bonds is 6. The van der Waals surface area contributed by atoms with Crippen molar-refractivity contribution in [1.82, 2.24) is 0 Å². The summed E-state index contributed by atoms with van der Waals surface area (Å²) in [6.45, 7) is 22.5. The molecular formula is C51H52Cl3SiTi. The summed E-state index contributed by atoms with van der Waals surface area (Å²) in [7, 11) is -1.42. The maximum absolute atomic E-state index is 3.36. The van der Waals surface area contributed by atoms with E-state index in [4.69, 9.17) is 0 Å². The third-order valence-corrected chi connectivity index (χ3v) is 14.5. The molecule has 6 aromatic carbocycles. The first-order valence-electron chi connectivity index (χ1n) is 18.6. The van der Waals surface area contributed by atoms with Crippen LogP contribution in [0, 0.1) is 53.5 Å². The van der Waals surface area contributed by atoms with E-state index in [1.54, 1.807) is 0 Å². The van der Waals surface area contributed by atoms with Crippen molar-refractivity contribution in [2.24, 2.45) is 5.92 Å². The molecule has 0 spiro atoms. The second kappa shape index (κ2) is 21.4. The molecule has 1 aliphatic carbocycles. The van der Waals surface area contributed by atoms with Gasteiger partial charge in [0.05, 0.1) is 0 Å². The van der Waals surface area contributed by atoms with Crippen LogP contribution in [0.3, 0.4) is 0 Å². The second-order valence-electron chi connectivity index (χ2n) is 14.7. The van der Waals surface area contributed by atoms with E-state index in [0.717, 1.165) is 0 Å². The van der Waals surface area contributed by atoms with Gasteiger partial charge in [-0.3, -0.25) is 6.08 Å². The molecule has 0 aliphatic heterocycles. The van der Waals surface area contributed by atoms with Crippen molar-refractivity contribution in [2.45, 2.75) is 69.2 Å². The number of halogens is 3. The number of allylic oxidation sites excluding steroid dienone is 4. The predicted molar refractivity (Wildman–Crippen MR) is 229 cm³/mol. The Morgan fingerprint density at radius 3 is 0.911 bits per heavy atom. The maximum atomic E-state index is 3.36. The monoisotopic (exact) mass is 845 g/mol. The molecule has 0 saturated carbocycles. The first-order valence-corrected chi connectivity index (χ1v) is 20.1. The van der Waals surface area contributed by atoms with Gasteiger partial charge in [0.15, 0.2) is 8.80 Å². The molecule has 1 atom stereocenters. The molecule has 0 bridgehead atoms. The molecular weight excluding hydrogens is 795 g/mol. The summed E-state index contributed by atoms with van der Waals surface area (Å²) in [4.78, 5) is 0. The molecule has 7 rings (SSSR count). The van der Waals surface area contributed by atoms with Crippen molar-refractivity contribution in [2.75, 3.05) is 0 Å². The Kier molecular flexibility index (Phi) is 18.6. The minimum atomic E-state index is -1.42. The van der Waals surface area contributed by atoms with Crippen LogP contribution in [0.2, 0.25) is 0 Å². The fourth-order valence-corrected chi connectivity index (χ4v) is 10.8. The van der Waals surface area contributed by atoms with Crippen molar-refractivity contribution in [3.63, 3.8) is 0 Å². The number of aryl methyl sites for hydroxylation is 3. The molecule has 0 fully saturated rings. The topological polar surface area (TPSA) is 0 Å². The number of benzene rings is 6. The maximum Gasteiger partial charge on any atom is 4.00 e. The summed E-state index contributed by atoms with van der Waals surface area (Å²) in [5, 5.41) is 4.43. The van der Waals surface area contributed by atoms with Crippen molar-refractivity contribution in [1.29, 1.82) is 0 Å². The Labute approximate surface area is 372 Å². The van der Waals surface area contributed by atoms with Gasteiger partial charge in [-0.25, -0.2) is 5.57 Å². The Balaban J connectivity index is 0.000000738. The zero-order valence-corrected chi connectivity index (χ0v) is 39.2. The molecule has 5 heteroatoms. The van der Waals surface area contributed by atoms with Crippen molar-refractivity contribution in [3.8, 4) is 33.4 Å². The van der Waals surface area contributed by atoms with Gasteiger partial charge in [-0.2, -0.15) is 11.1 Å². The van der Waals surface area contributed by atoms with Crippen molar-refractivity contribution >= 4 is 24.4 Å². The minimum Gasteiger partial charge on any atom is -1.00 e. The molecule has 1 radical (unpaired) electrons. The predicted octanol–water partition coefficient (Wildman–Crippen LogP) is 2.79. The molecule has 1 unspecified atom stereocenters. The minimum absolute atomic E-state index is 0. The molecule has 0 N–H and O–H groups in total. The van der Waals surface area contributed by atoms with E-state index in [9.17, 15) is 0 Å². The zero-order chi connectivity index (χ0) is 37.1. The summed E-state index contributed by atoms with van der Waals surface area (Å²) in [6, 6.07) is 47.2. The van der Waals surface area contributed by atoms with Gasteiger partial charge in [-0.15, -0.1) is 6.92 Å². The van der Waals surface area contributed by atoms with Crippen LogP contribution in [0.1, 0.15) is 61.1 Å². The Morgan fingerprint density at radius 2 is 0.696 bits per heavy atom. The first kappa shape index (κ1) is 48.7. The van der Waals surface area contributed by atoms with E-state index < -0.39 is 8.80 Å². The van der Waals surface area contributed by atoms with Crippen LogP contribution >= 0.6 is 0 Å². The molecule has 0 aromatic heterocycles. The summed E-state index contributed by atoms with van der Waals surface area (Å²) >= 11 is 0. The van der Waals surface area contributed by atoms with Crippen LogP contribution in [0.4, 0.5) is 0 Å². The van der Waals surface area contributed by atoms with Gasteiger partial charge in [0.25, 0.3) is 0 Å². The summed E-state index contributed by atoms with van der Waals surface area (Å²) in [5.74, 6) is 0.560. The molecule has 285 valence electrons. The Bertz CT molecular complexity index is 2070. The van der Waals surface area contributed by atoms with E-state index in [0.29, 0.717) is 5.92 Å². The molecule has 0 amide bonds. The standard InChI is InChI=1S/C42H39Si.C9H13.3ClH.Ti/c1-28-22-37(34-16-10-7-11-17-34)25-40(31(28)4)43(41-26-38(23-29(2)32(41)5)35-18-12-8-13-19-35)42-27-39(24-30(3)33(42)6)36-20-14-9-15-21-36;1-6-5-7(2)9(4)8(6)3;;;;/h7-27H,1-6H3;6H,1-4H3;3*1H;/q;-1;;;;+4/p-3. The fraction of sp³-hybridized carbons (Fsp3) is 0.216. The van der Waals surface area contributed by atoms with Crippen molar-refractivity contribution < 1.29 is 58.9 Å². The molecule has 0 saturated heterocycles. The third kappa shape index (κ3) is 10.6. The van der Waals surface area contributed by atoms with Crippen LogP contribution in [0.25, 0.3) is 33.4 Å². The van der Waals surface area contributed by atoms with Crippen LogP contribution in [0.5, 0.6) is 0 Å². The van der Waals surface area contributed by atoms with Crippen LogP contribution in [-0.4, -0.2) is 8.80 Å². The van der Waals surface area contributed by atoms with Gasteiger partial charge < -0.3 is 37.2 Å².